The number of carbonyl (C=O) groups is 1. The average molecular weight is 414 g/mol. The Bertz CT molecular complexity index is 795. The zero-order valence-electron chi connectivity index (χ0n) is 16.0. The number of anilines is 1. The highest BCUT2D eigenvalue weighted by Crippen LogP contribution is 2.25. The number of nitrogens with zero attached hydrogens (tertiary/aromatic N) is 3. The van der Waals surface area contributed by atoms with E-state index < -0.39 is 26.9 Å². The lowest BCUT2D eigenvalue weighted by molar-refractivity contribution is -0.384. The maximum atomic E-state index is 12.5. The molecule has 1 amide bonds. The lowest BCUT2D eigenvalue weighted by atomic mass is 10.2. The first-order valence-corrected chi connectivity index (χ1v) is 10.9. The van der Waals surface area contributed by atoms with Gasteiger partial charge in [0.1, 0.15) is 6.04 Å². The minimum Gasteiger partial charge on any atom is -0.379 e. The molecule has 0 aliphatic carbocycles. The molecule has 0 aromatic heterocycles. The molecule has 0 saturated carbocycles. The number of nitro groups is 1. The van der Waals surface area contributed by atoms with Gasteiger partial charge in [0, 0.05) is 31.8 Å². The second-order valence-corrected chi connectivity index (χ2v) is 8.47. The van der Waals surface area contributed by atoms with Crippen molar-refractivity contribution in [2.24, 2.45) is 0 Å². The van der Waals surface area contributed by atoms with E-state index in [1.54, 1.807) is 0 Å². The Kier molecular flexibility index (Phi) is 7.72. The molecule has 2 rings (SSSR count). The fourth-order valence-electron chi connectivity index (χ4n) is 3.04. The fraction of sp³-hybridized carbons (Fsp3) is 0.588. The summed E-state index contributed by atoms with van der Waals surface area (Å²) in [6.45, 7) is 5.81. The first-order valence-electron chi connectivity index (χ1n) is 9.02. The van der Waals surface area contributed by atoms with Gasteiger partial charge in [0.05, 0.1) is 30.1 Å². The lowest BCUT2D eigenvalue weighted by Gasteiger charge is -2.28. The molecule has 0 spiro atoms. The molecular weight excluding hydrogens is 388 g/mol. The van der Waals surface area contributed by atoms with Crippen LogP contribution in [0.5, 0.6) is 0 Å². The van der Waals surface area contributed by atoms with Crippen LogP contribution in [-0.4, -0.2) is 75.8 Å². The van der Waals surface area contributed by atoms with Gasteiger partial charge >= 0.3 is 0 Å². The van der Waals surface area contributed by atoms with Crippen LogP contribution >= 0.6 is 0 Å². The molecule has 11 heteroatoms. The minimum absolute atomic E-state index is 0.0765. The molecule has 1 heterocycles. The zero-order chi connectivity index (χ0) is 20.7. The van der Waals surface area contributed by atoms with E-state index in [1.165, 1.54) is 25.1 Å². The van der Waals surface area contributed by atoms with Crippen LogP contribution < -0.4 is 9.62 Å². The number of rotatable bonds is 9. The van der Waals surface area contributed by atoms with Crippen LogP contribution in [0.3, 0.4) is 0 Å². The summed E-state index contributed by atoms with van der Waals surface area (Å²) in [6, 6.07) is 4.18. The zero-order valence-corrected chi connectivity index (χ0v) is 16.9. The van der Waals surface area contributed by atoms with Crippen LogP contribution in [0.4, 0.5) is 11.4 Å². The number of non-ortho nitro benzene ring substituents is 1. The maximum Gasteiger partial charge on any atom is 0.271 e. The molecule has 1 saturated heterocycles. The number of ether oxygens (including phenoxy) is 1. The third-order valence-electron chi connectivity index (χ3n) is 4.44. The van der Waals surface area contributed by atoms with E-state index >= 15 is 0 Å². The molecule has 156 valence electrons. The Balaban J connectivity index is 2.00. The maximum absolute atomic E-state index is 12.5. The summed E-state index contributed by atoms with van der Waals surface area (Å²) in [5.74, 6) is -0.459. The van der Waals surface area contributed by atoms with E-state index in [0.29, 0.717) is 19.8 Å². The van der Waals surface area contributed by atoms with E-state index in [0.717, 1.165) is 42.7 Å². The number of sulfonamides is 1. The van der Waals surface area contributed by atoms with Gasteiger partial charge in [0.25, 0.3) is 5.69 Å². The Morgan fingerprint density at radius 3 is 2.68 bits per heavy atom. The number of benzene rings is 1. The number of hydrogen-bond donors (Lipinski definition) is 1. The predicted molar refractivity (Wildman–Crippen MR) is 105 cm³/mol. The van der Waals surface area contributed by atoms with Gasteiger partial charge in [-0.25, -0.2) is 8.42 Å². The van der Waals surface area contributed by atoms with Crippen molar-refractivity contribution in [2.75, 3.05) is 50.0 Å². The first kappa shape index (κ1) is 22.1. The predicted octanol–water partition coefficient (Wildman–Crippen LogP) is 0.588. The lowest BCUT2D eigenvalue weighted by Crippen LogP contribution is -2.48. The van der Waals surface area contributed by atoms with Crippen molar-refractivity contribution in [3.8, 4) is 0 Å². The number of hydrogen-bond acceptors (Lipinski definition) is 7. The van der Waals surface area contributed by atoms with Crippen molar-refractivity contribution in [1.29, 1.82) is 0 Å². The van der Waals surface area contributed by atoms with Gasteiger partial charge in [-0.3, -0.25) is 24.1 Å². The number of morpholine rings is 1. The Labute approximate surface area is 164 Å². The summed E-state index contributed by atoms with van der Waals surface area (Å²) < 4.78 is 30.7. The standard InChI is InChI=1S/C17H26N4O6S/c1-14(17(22)18-7-4-8-19-9-11-27-12-10-19)20(28(2,25)26)15-5-3-6-16(13-15)21(23)24/h3,5-6,13-14H,4,7-12H2,1-2H3,(H,18,22)/t14-/m0/s1. The SMILES string of the molecule is C[C@@H](C(=O)NCCCN1CCOCC1)N(c1cccc([N+](=O)[O-])c1)S(C)(=O)=O. The van der Waals surface area contributed by atoms with Crippen LogP contribution in [0.1, 0.15) is 13.3 Å². The fourth-order valence-corrected chi connectivity index (χ4v) is 4.21. The van der Waals surface area contributed by atoms with Crippen LogP contribution in [0.25, 0.3) is 0 Å². The minimum atomic E-state index is -3.82. The van der Waals surface area contributed by atoms with Gasteiger partial charge < -0.3 is 10.1 Å². The quantitative estimate of drug-likeness (QED) is 0.356. The highest BCUT2D eigenvalue weighted by atomic mass is 32.2. The molecule has 1 atom stereocenters. The van der Waals surface area contributed by atoms with Gasteiger partial charge in [-0.05, 0) is 26.0 Å². The first-order chi connectivity index (χ1) is 13.2. The van der Waals surface area contributed by atoms with Crippen molar-refractivity contribution in [1.82, 2.24) is 10.2 Å². The molecule has 28 heavy (non-hydrogen) atoms. The molecule has 0 bridgehead atoms. The van der Waals surface area contributed by atoms with E-state index in [9.17, 15) is 23.3 Å². The van der Waals surface area contributed by atoms with Crippen molar-refractivity contribution in [3.05, 3.63) is 34.4 Å². The van der Waals surface area contributed by atoms with Gasteiger partial charge in [-0.15, -0.1) is 0 Å². The van der Waals surface area contributed by atoms with E-state index in [-0.39, 0.29) is 11.4 Å². The summed E-state index contributed by atoms with van der Waals surface area (Å²) in [4.78, 5) is 25.1. The summed E-state index contributed by atoms with van der Waals surface area (Å²) in [7, 11) is -3.82. The third kappa shape index (κ3) is 6.14. The molecule has 1 N–H and O–H groups in total. The van der Waals surface area contributed by atoms with Gasteiger partial charge in [0.2, 0.25) is 15.9 Å². The van der Waals surface area contributed by atoms with Crippen LogP contribution in [0, 0.1) is 10.1 Å². The summed E-state index contributed by atoms with van der Waals surface area (Å²) in [5, 5.41) is 13.7. The summed E-state index contributed by atoms with van der Waals surface area (Å²) in [5.41, 5.74) is -0.170. The highest BCUT2D eigenvalue weighted by molar-refractivity contribution is 7.92. The van der Waals surface area contributed by atoms with Crippen molar-refractivity contribution in [3.63, 3.8) is 0 Å². The summed E-state index contributed by atoms with van der Waals surface area (Å²) >= 11 is 0. The Morgan fingerprint density at radius 1 is 1.39 bits per heavy atom. The topological polar surface area (TPSA) is 122 Å². The van der Waals surface area contributed by atoms with Gasteiger partial charge in [0.15, 0.2) is 0 Å². The van der Waals surface area contributed by atoms with Crippen LogP contribution in [0.15, 0.2) is 24.3 Å². The van der Waals surface area contributed by atoms with Crippen LogP contribution in [0.2, 0.25) is 0 Å². The van der Waals surface area contributed by atoms with E-state index in [2.05, 4.69) is 10.2 Å². The number of amides is 1. The number of nitro benzene ring substituents is 1. The summed E-state index contributed by atoms with van der Waals surface area (Å²) in [6.07, 6.45) is 1.70. The van der Waals surface area contributed by atoms with Crippen molar-refractivity contribution >= 4 is 27.3 Å². The number of nitrogens with one attached hydrogen (secondary N) is 1. The smallest absolute Gasteiger partial charge is 0.271 e. The van der Waals surface area contributed by atoms with Gasteiger partial charge in [-0.1, -0.05) is 6.07 Å². The Hall–Kier alpha value is -2.24. The Morgan fingerprint density at radius 2 is 2.07 bits per heavy atom. The molecule has 1 aromatic rings. The average Bonchev–Trinajstić information content (AvgIpc) is 2.65. The normalized spacial score (nSPS) is 16.4. The van der Waals surface area contributed by atoms with E-state index in [4.69, 9.17) is 4.74 Å². The third-order valence-corrected chi connectivity index (χ3v) is 5.68. The highest BCUT2D eigenvalue weighted by Gasteiger charge is 2.29. The molecule has 1 aromatic carbocycles. The number of carbonyl (C=O) groups excluding carboxylic acids is 1. The molecule has 1 aliphatic rings. The molecule has 0 radical (unpaired) electrons. The van der Waals surface area contributed by atoms with Crippen molar-refractivity contribution < 1.29 is 22.9 Å². The largest absolute Gasteiger partial charge is 0.379 e. The second-order valence-electron chi connectivity index (χ2n) is 6.61. The molecular formula is C17H26N4O6S. The van der Waals surface area contributed by atoms with Crippen LogP contribution in [-0.2, 0) is 19.6 Å². The molecule has 1 aliphatic heterocycles. The van der Waals surface area contributed by atoms with Gasteiger partial charge in [-0.2, -0.15) is 0 Å². The molecule has 0 unspecified atom stereocenters. The van der Waals surface area contributed by atoms with E-state index in [1.807, 2.05) is 0 Å². The molecule has 1 fully saturated rings. The second kappa shape index (κ2) is 9.80. The van der Waals surface area contributed by atoms with Crippen molar-refractivity contribution in [2.45, 2.75) is 19.4 Å². The molecule has 10 nitrogen and oxygen atoms in total. The monoisotopic (exact) mass is 414 g/mol.